The quantitative estimate of drug-likeness (QED) is 0.872. The van der Waals surface area contributed by atoms with Gasteiger partial charge in [0.2, 0.25) is 0 Å². The summed E-state index contributed by atoms with van der Waals surface area (Å²) in [6.07, 6.45) is 0. The Bertz CT molecular complexity index is 569. The van der Waals surface area contributed by atoms with E-state index in [0.717, 1.165) is 4.88 Å². The van der Waals surface area contributed by atoms with E-state index in [-0.39, 0.29) is 17.9 Å². The van der Waals surface area contributed by atoms with Gasteiger partial charge < -0.3 is 10.6 Å². The minimum absolute atomic E-state index is 0.0738. The van der Waals surface area contributed by atoms with E-state index < -0.39 is 0 Å². The molecule has 19 heavy (non-hydrogen) atoms. The number of benzene rings is 1. The maximum absolute atomic E-state index is 13.3. The first-order valence-electron chi connectivity index (χ1n) is 5.93. The lowest BCUT2D eigenvalue weighted by Crippen LogP contribution is -2.30. The fourth-order valence-electron chi connectivity index (χ4n) is 1.64. The van der Waals surface area contributed by atoms with Crippen LogP contribution in [0.4, 0.5) is 14.9 Å². The fourth-order valence-corrected chi connectivity index (χ4v) is 2.38. The van der Waals surface area contributed by atoms with Crippen LogP contribution in [0, 0.1) is 12.7 Å². The van der Waals surface area contributed by atoms with Crippen LogP contribution in [-0.4, -0.2) is 6.03 Å². The molecule has 2 amide bonds. The Balaban J connectivity index is 1.95. The van der Waals surface area contributed by atoms with Crippen molar-refractivity contribution in [1.29, 1.82) is 0 Å². The van der Waals surface area contributed by atoms with Crippen LogP contribution in [0.5, 0.6) is 0 Å². The molecule has 0 aliphatic carbocycles. The predicted octanol–water partition coefficient (Wildman–Crippen LogP) is 4.08. The summed E-state index contributed by atoms with van der Waals surface area (Å²) in [7, 11) is 0. The van der Waals surface area contributed by atoms with Crippen LogP contribution < -0.4 is 10.6 Å². The van der Waals surface area contributed by atoms with Gasteiger partial charge in [-0.15, -0.1) is 11.3 Å². The molecular weight excluding hydrogens is 263 g/mol. The van der Waals surface area contributed by atoms with Crippen molar-refractivity contribution in [1.82, 2.24) is 5.32 Å². The molecule has 0 fully saturated rings. The third-order valence-corrected chi connectivity index (χ3v) is 3.80. The van der Waals surface area contributed by atoms with Gasteiger partial charge in [-0.25, -0.2) is 9.18 Å². The lowest BCUT2D eigenvalue weighted by Gasteiger charge is -2.13. The standard InChI is InChI=1S/C14H15FN2OS/c1-9-5-6-11(8-12(9)15)17-14(18)16-10(2)13-4-3-7-19-13/h3-8,10H,1-2H3,(H2,16,17,18). The highest BCUT2D eigenvalue weighted by Crippen LogP contribution is 2.18. The van der Waals surface area contributed by atoms with Crippen LogP contribution in [0.1, 0.15) is 23.4 Å². The predicted molar refractivity (Wildman–Crippen MR) is 76.0 cm³/mol. The van der Waals surface area contributed by atoms with Gasteiger partial charge in [0, 0.05) is 10.6 Å². The summed E-state index contributed by atoms with van der Waals surface area (Å²) in [5.41, 5.74) is 0.997. The average molecular weight is 278 g/mol. The summed E-state index contributed by atoms with van der Waals surface area (Å²) in [5, 5.41) is 7.38. The van der Waals surface area contributed by atoms with Crippen molar-refractivity contribution < 1.29 is 9.18 Å². The van der Waals surface area contributed by atoms with E-state index in [1.54, 1.807) is 30.4 Å². The second-order valence-corrected chi connectivity index (χ2v) is 5.28. The van der Waals surface area contributed by atoms with E-state index in [2.05, 4.69) is 10.6 Å². The van der Waals surface area contributed by atoms with E-state index in [9.17, 15) is 9.18 Å². The lowest BCUT2D eigenvalue weighted by molar-refractivity contribution is 0.249. The molecule has 5 heteroatoms. The van der Waals surface area contributed by atoms with Gasteiger partial charge in [-0.2, -0.15) is 0 Å². The largest absolute Gasteiger partial charge is 0.331 e. The van der Waals surface area contributed by atoms with Gasteiger partial charge in [0.25, 0.3) is 0 Å². The maximum Gasteiger partial charge on any atom is 0.319 e. The molecule has 0 radical (unpaired) electrons. The first kappa shape index (κ1) is 13.5. The number of nitrogens with one attached hydrogen (secondary N) is 2. The molecule has 1 atom stereocenters. The minimum atomic E-state index is -0.343. The molecule has 0 spiro atoms. The minimum Gasteiger partial charge on any atom is -0.331 e. The highest BCUT2D eigenvalue weighted by molar-refractivity contribution is 7.10. The van der Waals surface area contributed by atoms with E-state index in [4.69, 9.17) is 0 Å². The first-order valence-corrected chi connectivity index (χ1v) is 6.81. The normalized spacial score (nSPS) is 11.9. The molecule has 0 aliphatic rings. The Morgan fingerprint density at radius 2 is 2.16 bits per heavy atom. The second kappa shape index (κ2) is 5.84. The second-order valence-electron chi connectivity index (χ2n) is 4.30. The zero-order valence-corrected chi connectivity index (χ0v) is 11.6. The van der Waals surface area contributed by atoms with Crippen molar-refractivity contribution in [3.8, 4) is 0 Å². The van der Waals surface area contributed by atoms with Crippen molar-refractivity contribution in [3.63, 3.8) is 0 Å². The zero-order chi connectivity index (χ0) is 13.8. The van der Waals surface area contributed by atoms with Crippen molar-refractivity contribution in [3.05, 3.63) is 52.0 Å². The summed E-state index contributed by atoms with van der Waals surface area (Å²) >= 11 is 1.58. The average Bonchev–Trinajstić information content (AvgIpc) is 2.87. The lowest BCUT2D eigenvalue weighted by atomic mass is 10.2. The molecular formula is C14H15FN2OS. The van der Waals surface area contributed by atoms with Crippen LogP contribution in [0.25, 0.3) is 0 Å². The molecule has 0 bridgehead atoms. The van der Waals surface area contributed by atoms with Crippen molar-refractivity contribution in [2.24, 2.45) is 0 Å². The number of carbonyl (C=O) groups excluding carboxylic acids is 1. The van der Waals surface area contributed by atoms with Crippen LogP contribution >= 0.6 is 11.3 Å². The van der Waals surface area contributed by atoms with Gasteiger partial charge in [0.15, 0.2) is 0 Å². The Morgan fingerprint density at radius 1 is 1.37 bits per heavy atom. The van der Waals surface area contributed by atoms with Crippen molar-refractivity contribution in [2.75, 3.05) is 5.32 Å². The molecule has 2 aromatic rings. The fraction of sp³-hybridized carbons (Fsp3) is 0.214. The monoisotopic (exact) mass is 278 g/mol. The van der Waals surface area contributed by atoms with Gasteiger partial charge >= 0.3 is 6.03 Å². The number of carbonyl (C=O) groups is 1. The van der Waals surface area contributed by atoms with Gasteiger partial charge in [0.1, 0.15) is 5.82 Å². The molecule has 1 heterocycles. The summed E-state index contributed by atoms with van der Waals surface area (Å²) < 4.78 is 13.3. The number of urea groups is 1. The van der Waals surface area contributed by atoms with Gasteiger partial charge in [-0.3, -0.25) is 0 Å². The summed E-state index contributed by atoms with van der Waals surface area (Å²) in [5.74, 6) is -0.330. The highest BCUT2D eigenvalue weighted by Gasteiger charge is 2.10. The number of aryl methyl sites for hydroxylation is 1. The van der Waals surface area contributed by atoms with Crippen LogP contribution in [0.2, 0.25) is 0 Å². The van der Waals surface area contributed by atoms with E-state index in [1.165, 1.54) is 6.07 Å². The van der Waals surface area contributed by atoms with Crippen LogP contribution in [0.3, 0.4) is 0 Å². The smallest absolute Gasteiger partial charge is 0.319 e. The Morgan fingerprint density at radius 3 is 2.79 bits per heavy atom. The molecule has 100 valence electrons. The number of anilines is 1. The number of hydrogen-bond donors (Lipinski definition) is 2. The van der Waals surface area contributed by atoms with Crippen molar-refractivity contribution >= 4 is 23.1 Å². The third-order valence-electron chi connectivity index (χ3n) is 2.75. The highest BCUT2D eigenvalue weighted by atomic mass is 32.1. The first-order chi connectivity index (χ1) is 9.06. The van der Waals surface area contributed by atoms with E-state index in [0.29, 0.717) is 11.3 Å². The number of thiophene rings is 1. The number of rotatable bonds is 3. The van der Waals surface area contributed by atoms with Crippen LogP contribution in [0.15, 0.2) is 35.7 Å². The number of amides is 2. The molecule has 2 N–H and O–H groups in total. The SMILES string of the molecule is Cc1ccc(NC(=O)NC(C)c2cccs2)cc1F. The zero-order valence-electron chi connectivity index (χ0n) is 10.7. The molecule has 0 aliphatic heterocycles. The van der Waals surface area contributed by atoms with Gasteiger partial charge in [-0.05, 0) is 43.0 Å². The topological polar surface area (TPSA) is 41.1 Å². The van der Waals surface area contributed by atoms with E-state index >= 15 is 0 Å². The molecule has 1 aromatic heterocycles. The molecule has 1 unspecified atom stereocenters. The summed E-state index contributed by atoms with van der Waals surface area (Å²) in [6.45, 7) is 3.58. The van der Waals surface area contributed by atoms with Crippen LogP contribution in [-0.2, 0) is 0 Å². The summed E-state index contributed by atoms with van der Waals surface area (Å²) in [6, 6.07) is 8.10. The van der Waals surface area contributed by atoms with Gasteiger partial charge in [0.05, 0.1) is 6.04 Å². The number of halogens is 1. The summed E-state index contributed by atoms with van der Waals surface area (Å²) in [4.78, 5) is 12.8. The maximum atomic E-state index is 13.3. The van der Waals surface area contributed by atoms with E-state index in [1.807, 2.05) is 24.4 Å². The molecule has 0 saturated carbocycles. The number of hydrogen-bond acceptors (Lipinski definition) is 2. The Hall–Kier alpha value is -1.88. The van der Waals surface area contributed by atoms with Gasteiger partial charge in [-0.1, -0.05) is 12.1 Å². The molecule has 3 nitrogen and oxygen atoms in total. The molecule has 1 aromatic carbocycles. The molecule has 2 rings (SSSR count). The van der Waals surface area contributed by atoms with Crippen molar-refractivity contribution in [2.45, 2.75) is 19.9 Å². The Labute approximate surface area is 115 Å². The molecule has 0 saturated heterocycles. The Kier molecular flexibility index (Phi) is 4.16. The third kappa shape index (κ3) is 3.54.